The van der Waals surface area contributed by atoms with Crippen molar-refractivity contribution in [3.05, 3.63) is 46.9 Å². The molecule has 3 rings (SSSR count). The number of halogens is 1. The molecule has 1 aliphatic carbocycles. The van der Waals surface area contributed by atoms with E-state index in [0.29, 0.717) is 22.7 Å². The van der Waals surface area contributed by atoms with Gasteiger partial charge in [-0.15, -0.1) is 0 Å². The average Bonchev–Trinajstić information content (AvgIpc) is 3.12. The van der Waals surface area contributed by atoms with E-state index >= 15 is 0 Å². The summed E-state index contributed by atoms with van der Waals surface area (Å²) in [4.78, 5) is 21.2. The molecule has 1 amide bonds. The highest BCUT2D eigenvalue weighted by Gasteiger charge is 2.39. The van der Waals surface area contributed by atoms with Crippen LogP contribution in [0.15, 0.2) is 24.3 Å². The molecule has 0 unspecified atom stereocenters. The van der Waals surface area contributed by atoms with E-state index in [2.05, 4.69) is 15.3 Å². The number of aromatic nitrogens is 2. The van der Waals surface area contributed by atoms with Crippen molar-refractivity contribution in [2.24, 2.45) is 0 Å². The van der Waals surface area contributed by atoms with Crippen molar-refractivity contribution in [1.82, 2.24) is 15.3 Å². The molecule has 0 saturated heterocycles. The SMILES string of the molecule is COc1nc(C)c(CC(=O)NC2(c3ccccc3F)CCCC2)c(OC)n1. The van der Waals surface area contributed by atoms with E-state index in [1.54, 1.807) is 25.1 Å². The predicted octanol–water partition coefficient (Wildman–Crippen LogP) is 3.07. The summed E-state index contributed by atoms with van der Waals surface area (Å²) in [5.41, 5.74) is 1.08. The van der Waals surface area contributed by atoms with Gasteiger partial charge >= 0.3 is 6.01 Å². The van der Waals surface area contributed by atoms with Gasteiger partial charge in [-0.3, -0.25) is 4.79 Å². The molecule has 0 aliphatic heterocycles. The van der Waals surface area contributed by atoms with E-state index in [4.69, 9.17) is 9.47 Å². The van der Waals surface area contributed by atoms with Crippen LogP contribution in [0.4, 0.5) is 4.39 Å². The van der Waals surface area contributed by atoms with Gasteiger partial charge in [-0.05, 0) is 25.8 Å². The van der Waals surface area contributed by atoms with Gasteiger partial charge in [-0.1, -0.05) is 31.0 Å². The fraction of sp³-hybridized carbons (Fsp3) is 0.450. The highest BCUT2D eigenvalue weighted by molar-refractivity contribution is 5.80. The molecule has 0 bridgehead atoms. The normalized spacial score (nSPS) is 15.4. The van der Waals surface area contributed by atoms with Crippen LogP contribution in [-0.4, -0.2) is 30.1 Å². The van der Waals surface area contributed by atoms with E-state index in [-0.39, 0.29) is 24.2 Å². The lowest BCUT2D eigenvalue weighted by Gasteiger charge is -2.31. The smallest absolute Gasteiger partial charge is 0.319 e. The van der Waals surface area contributed by atoms with E-state index in [0.717, 1.165) is 25.7 Å². The molecule has 144 valence electrons. The van der Waals surface area contributed by atoms with Gasteiger partial charge < -0.3 is 14.8 Å². The Morgan fingerprint density at radius 2 is 1.89 bits per heavy atom. The summed E-state index contributed by atoms with van der Waals surface area (Å²) in [5, 5.41) is 3.08. The van der Waals surface area contributed by atoms with Crippen LogP contribution in [0.2, 0.25) is 0 Å². The highest BCUT2D eigenvalue weighted by atomic mass is 19.1. The molecule has 1 heterocycles. The molecule has 1 aromatic heterocycles. The van der Waals surface area contributed by atoms with Gasteiger partial charge in [0.1, 0.15) is 5.82 Å². The first-order valence-electron chi connectivity index (χ1n) is 9.00. The number of hydrogen-bond acceptors (Lipinski definition) is 5. The Labute approximate surface area is 158 Å². The van der Waals surface area contributed by atoms with E-state index in [9.17, 15) is 9.18 Å². The second-order valence-electron chi connectivity index (χ2n) is 6.78. The minimum Gasteiger partial charge on any atom is -0.481 e. The zero-order valence-corrected chi connectivity index (χ0v) is 15.8. The second-order valence-corrected chi connectivity index (χ2v) is 6.78. The molecule has 0 atom stereocenters. The summed E-state index contributed by atoms with van der Waals surface area (Å²) in [5.74, 6) is -0.197. The lowest BCUT2D eigenvalue weighted by atomic mass is 9.87. The summed E-state index contributed by atoms with van der Waals surface area (Å²) in [6, 6.07) is 6.84. The summed E-state index contributed by atoms with van der Waals surface area (Å²) in [7, 11) is 2.96. The minimum absolute atomic E-state index is 0.0508. The summed E-state index contributed by atoms with van der Waals surface area (Å²) >= 11 is 0. The van der Waals surface area contributed by atoms with Crippen molar-refractivity contribution in [2.45, 2.75) is 44.6 Å². The van der Waals surface area contributed by atoms with Gasteiger partial charge in [0.15, 0.2) is 0 Å². The monoisotopic (exact) mass is 373 g/mol. The average molecular weight is 373 g/mol. The number of amides is 1. The van der Waals surface area contributed by atoms with Crippen LogP contribution in [0.3, 0.4) is 0 Å². The maximum atomic E-state index is 14.4. The van der Waals surface area contributed by atoms with E-state index < -0.39 is 5.54 Å². The van der Waals surface area contributed by atoms with Crippen LogP contribution < -0.4 is 14.8 Å². The fourth-order valence-corrected chi connectivity index (χ4v) is 3.77. The van der Waals surface area contributed by atoms with Crippen molar-refractivity contribution >= 4 is 5.91 Å². The van der Waals surface area contributed by atoms with Crippen molar-refractivity contribution < 1.29 is 18.7 Å². The van der Waals surface area contributed by atoms with Crippen LogP contribution in [0.5, 0.6) is 11.9 Å². The van der Waals surface area contributed by atoms with Crippen molar-refractivity contribution in [3.8, 4) is 11.9 Å². The summed E-state index contributed by atoms with van der Waals surface area (Å²) in [6.45, 7) is 1.78. The van der Waals surface area contributed by atoms with Crippen LogP contribution >= 0.6 is 0 Å². The lowest BCUT2D eigenvalue weighted by molar-refractivity contribution is -0.122. The van der Waals surface area contributed by atoms with Gasteiger partial charge in [-0.2, -0.15) is 4.98 Å². The quantitative estimate of drug-likeness (QED) is 0.842. The third-order valence-electron chi connectivity index (χ3n) is 5.09. The highest BCUT2D eigenvalue weighted by Crippen LogP contribution is 2.40. The number of benzene rings is 1. The largest absolute Gasteiger partial charge is 0.481 e. The second kappa shape index (κ2) is 7.90. The minimum atomic E-state index is -0.670. The first-order chi connectivity index (χ1) is 13.0. The molecular weight excluding hydrogens is 349 g/mol. The number of nitrogens with one attached hydrogen (secondary N) is 1. The number of ether oxygens (including phenoxy) is 2. The topological polar surface area (TPSA) is 73.3 Å². The molecule has 1 fully saturated rings. The number of carbonyl (C=O) groups excluding carboxylic acids is 1. The van der Waals surface area contributed by atoms with Crippen molar-refractivity contribution in [1.29, 1.82) is 0 Å². The number of hydrogen-bond donors (Lipinski definition) is 1. The van der Waals surface area contributed by atoms with Crippen LogP contribution in [0.25, 0.3) is 0 Å². The number of nitrogens with zero attached hydrogens (tertiary/aromatic N) is 2. The molecular formula is C20H24FN3O3. The maximum absolute atomic E-state index is 14.4. The third kappa shape index (κ3) is 3.86. The van der Waals surface area contributed by atoms with Crippen LogP contribution in [0, 0.1) is 12.7 Å². The molecule has 1 aliphatic rings. The fourth-order valence-electron chi connectivity index (χ4n) is 3.77. The lowest BCUT2D eigenvalue weighted by Crippen LogP contribution is -2.45. The van der Waals surface area contributed by atoms with Gasteiger partial charge in [0.25, 0.3) is 0 Å². The van der Waals surface area contributed by atoms with Gasteiger partial charge in [0.2, 0.25) is 11.8 Å². The maximum Gasteiger partial charge on any atom is 0.319 e. The zero-order chi connectivity index (χ0) is 19.4. The summed E-state index contributed by atoms with van der Waals surface area (Å²) in [6.07, 6.45) is 3.38. The molecule has 0 spiro atoms. The predicted molar refractivity (Wildman–Crippen MR) is 98.3 cm³/mol. The number of carbonyl (C=O) groups is 1. The third-order valence-corrected chi connectivity index (χ3v) is 5.09. The Bertz CT molecular complexity index is 835. The Morgan fingerprint density at radius 1 is 1.19 bits per heavy atom. The Hall–Kier alpha value is -2.70. The zero-order valence-electron chi connectivity index (χ0n) is 15.8. The molecule has 0 radical (unpaired) electrons. The van der Waals surface area contributed by atoms with Crippen LogP contribution in [-0.2, 0) is 16.8 Å². The molecule has 7 heteroatoms. The van der Waals surface area contributed by atoms with E-state index in [1.165, 1.54) is 20.3 Å². The Morgan fingerprint density at radius 3 is 2.52 bits per heavy atom. The Kier molecular flexibility index (Phi) is 5.58. The molecule has 1 N–H and O–H groups in total. The standard InChI is InChI=1S/C20H24FN3O3/c1-13-14(18(26-2)23-19(22-13)27-3)12-17(25)24-20(10-6-7-11-20)15-8-4-5-9-16(15)21/h4-5,8-9H,6-7,10-12H2,1-3H3,(H,24,25). The summed E-state index contributed by atoms with van der Waals surface area (Å²) < 4.78 is 24.8. The van der Waals surface area contributed by atoms with Gasteiger partial charge in [0.05, 0.1) is 31.9 Å². The first kappa shape index (κ1) is 19.1. The molecule has 1 saturated carbocycles. The van der Waals surface area contributed by atoms with Crippen molar-refractivity contribution in [2.75, 3.05) is 14.2 Å². The van der Waals surface area contributed by atoms with E-state index in [1.807, 2.05) is 0 Å². The molecule has 6 nitrogen and oxygen atoms in total. The number of methoxy groups -OCH3 is 2. The number of aryl methyl sites for hydroxylation is 1. The number of rotatable bonds is 6. The molecule has 27 heavy (non-hydrogen) atoms. The first-order valence-corrected chi connectivity index (χ1v) is 9.00. The van der Waals surface area contributed by atoms with Gasteiger partial charge in [0, 0.05) is 11.1 Å². The molecule has 1 aromatic carbocycles. The van der Waals surface area contributed by atoms with Gasteiger partial charge in [-0.25, -0.2) is 9.37 Å². The molecule has 2 aromatic rings. The van der Waals surface area contributed by atoms with Crippen molar-refractivity contribution in [3.63, 3.8) is 0 Å². The Balaban J connectivity index is 1.86. The van der Waals surface area contributed by atoms with Crippen LogP contribution in [0.1, 0.15) is 42.5 Å².